The zero-order valence-corrected chi connectivity index (χ0v) is 18.1. The average molecular weight is 444 g/mol. The predicted molar refractivity (Wildman–Crippen MR) is 124 cm³/mol. The Bertz CT molecular complexity index is 1150. The molecule has 3 aromatic rings. The monoisotopic (exact) mass is 444 g/mol. The van der Waals surface area contributed by atoms with Crippen LogP contribution >= 0.6 is 0 Å². The van der Waals surface area contributed by atoms with Crippen molar-refractivity contribution in [3.8, 4) is 17.2 Å². The van der Waals surface area contributed by atoms with E-state index in [1.807, 2.05) is 72.8 Å². The van der Waals surface area contributed by atoms with E-state index in [1.54, 1.807) is 25.1 Å². The van der Waals surface area contributed by atoms with Gasteiger partial charge in [-0.15, -0.1) is 0 Å². The van der Waals surface area contributed by atoms with Gasteiger partial charge in [-0.25, -0.2) is 4.79 Å². The SMILES string of the molecule is CC(OC/C=C/c1ccccc1)C1=C(C(=O)O)Oc2ccc(OCc3ccccc3)cc2O1. The fourth-order valence-electron chi connectivity index (χ4n) is 3.25. The highest BCUT2D eigenvalue weighted by atomic mass is 16.6. The lowest BCUT2D eigenvalue weighted by Crippen LogP contribution is -2.26. The molecule has 0 saturated heterocycles. The number of ether oxygens (including phenoxy) is 4. The molecule has 6 nitrogen and oxygen atoms in total. The number of rotatable bonds is 9. The number of benzene rings is 3. The molecule has 0 aromatic heterocycles. The minimum Gasteiger partial charge on any atom is -0.489 e. The summed E-state index contributed by atoms with van der Waals surface area (Å²) in [5.41, 5.74) is 2.08. The van der Waals surface area contributed by atoms with Crippen LogP contribution in [0.4, 0.5) is 0 Å². The number of carboxylic acids is 1. The Balaban J connectivity index is 1.43. The van der Waals surface area contributed by atoms with Crippen LogP contribution in [0, 0.1) is 0 Å². The van der Waals surface area contributed by atoms with E-state index in [0.29, 0.717) is 23.9 Å². The first-order valence-corrected chi connectivity index (χ1v) is 10.6. The highest BCUT2D eigenvalue weighted by Crippen LogP contribution is 2.39. The molecule has 3 aromatic carbocycles. The fourth-order valence-corrected chi connectivity index (χ4v) is 3.25. The van der Waals surface area contributed by atoms with Crippen LogP contribution in [0.5, 0.6) is 17.2 Å². The first kappa shape index (κ1) is 22.2. The van der Waals surface area contributed by atoms with Crippen LogP contribution in [-0.4, -0.2) is 23.8 Å². The molecule has 1 unspecified atom stereocenters. The Morgan fingerprint density at radius 1 is 0.970 bits per heavy atom. The molecule has 4 rings (SSSR count). The third-order valence-corrected chi connectivity index (χ3v) is 4.94. The Labute approximate surface area is 192 Å². The summed E-state index contributed by atoms with van der Waals surface area (Å²) < 4.78 is 23.2. The van der Waals surface area contributed by atoms with Crippen LogP contribution in [-0.2, 0) is 16.1 Å². The standard InChI is InChI=1S/C27H24O6/c1-19(30-16-8-13-20-9-4-2-5-10-20)25-26(27(28)29)32-23-15-14-22(17-24(23)33-25)31-18-21-11-6-3-7-12-21/h2-15,17,19H,16,18H2,1H3,(H,28,29)/b13-8+. The molecule has 33 heavy (non-hydrogen) atoms. The highest BCUT2D eigenvalue weighted by molar-refractivity contribution is 5.86. The van der Waals surface area contributed by atoms with Crippen LogP contribution in [0.15, 0.2) is 96.5 Å². The van der Waals surface area contributed by atoms with Gasteiger partial charge in [0.25, 0.3) is 5.76 Å². The molecule has 1 aliphatic rings. The maximum absolute atomic E-state index is 11.8. The predicted octanol–water partition coefficient (Wildman–Crippen LogP) is 5.45. The molecule has 0 aliphatic carbocycles. The average Bonchev–Trinajstić information content (AvgIpc) is 2.85. The van der Waals surface area contributed by atoms with E-state index in [1.165, 1.54) is 0 Å². The second-order valence-electron chi connectivity index (χ2n) is 7.37. The van der Waals surface area contributed by atoms with Crippen LogP contribution in [0.3, 0.4) is 0 Å². The Kier molecular flexibility index (Phi) is 7.07. The molecule has 0 bridgehead atoms. The van der Waals surface area contributed by atoms with E-state index in [0.717, 1.165) is 11.1 Å². The van der Waals surface area contributed by atoms with Gasteiger partial charge in [0, 0.05) is 6.07 Å². The van der Waals surface area contributed by atoms with Crippen molar-refractivity contribution in [3.63, 3.8) is 0 Å². The number of hydrogen-bond donors (Lipinski definition) is 1. The summed E-state index contributed by atoms with van der Waals surface area (Å²) in [5.74, 6) is -0.160. The second-order valence-corrected chi connectivity index (χ2v) is 7.37. The smallest absolute Gasteiger partial charge is 0.375 e. The minimum absolute atomic E-state index is 0.100. The van der Waals surface area contributed by atoms with E-state index in [9.17, 15) is 9.90 Å². The van der Waals surface area contributed by atoms with Crippen LogP contribution in [0.1, 0.15) is 18.1 Å². The van der Waals surface area contributed by atoms with Crippen molar-refractivity contribution >= 4 is 12.0 Å². The van der Waals surface area contributed by atoms with Gasteiger partial charge in [0.05, 0.1) is 6.61 Å². The molecule has 0 saturated carbocycles. The van der Waals surface area contributed by atoms with Gasteiger partial charge in [-0.1, -0.05) is 72.8 Å². The van der Waals surface area contributed by atoms with E-state index in [4.69, 9.17) is 18.9 Å². The number of hydrogen-bond acceptors (Lipinski definition) is 5. The first-order chi connectivity index (χ1) is 16.1. The number of fused-ring (bicyclic) bond motifs is 1. The number of carboxylic acid groups (broad SMARTS) is 1. The zero-order valence-electron chi connectivity index (χ0n) is 18.1. The molecule has 0 radical (unpaired) electrons. The molecule has 168 valence electrons. The summed E-state index contributed by atoms with van der Waals surface area (Å²) in [7, 11) is 0. The van der Waals surface area contributed by atoms with Gasteiger partial charge in [0.2, 0.25) is 0 Å². The third kappa shape index (κ3) is 5.81. The second kappa shape index (κ2) is 10.5. The zero-order chi connectivity index (χ0) is 23.0. The lowest BCUT2D eigenvalue weighted by molar-refractivity contribution is -0.135. The fraction of sp³-hybridized carbons (Fsp3) is 0.148. The largest absolute Gasteiger partial charge is 0.489 e. The summed E-state index contributed by atoms with van der Waals surface area (Å²) in [5, 5.41) is 9.61. The summed E-state index contributed by atoms with van der Waals surface area (Å²) in [6.07, 6.45) is 3.15. The normalized spacial score (nSPS) is 13.7. The Morgan fingerprint density at radius 3 is 2.42 bits per heavy atom. The van der Waals surface area contributed by atoms with Gasteiger partial charge in [0.1, 0.15) is 18.5 Å². The first-order valence-electron chi connectivity index (χ1n) is 10.6. The summed E-state index contributed by atoms with van der Waals surface area (Å²) in [6.45, 7) is 2.40. The quantitative estimate of drug-likeness (QED) is 0.473. The number of aliphatic carboxylic acids is 1. The van der Waals surface area contributed by atoms with Crippen molar-refractivity contribution in [2.45, 2.75) is 19.6 Å². The molecule has 0 fully saturated rings. The van der Waals surface area contributed by atoms with Crippen molar-refractivity contribution in [1.82, 2.24) is 0 Å². The molecule has 0 amide bonds. The van der Waals surface area contributed by atoms with Crippen molar-refractivity contribution < 1.29 is 28.8 Å². The highest BCUT2D eigenvalue weighted by Gasteiger charge is 2.31. The lowest BCUT2D eigenvalue weighted by Gasteiger charge is -2.25. The van der Waals surface area contributed by atoms with E-state index in [-0.39, 0.29) is 18.1 Å². The lowest BCUT2D eigenvalue weighted by atomic mass is 10.2. The minimum atomic E-state index is -1.23. The molecule has 1 N–H and O–H groups in total. The maximum Gasteiger partial charge on any atom is 0.375 e. The van der Waals surface area contributed by atoms with Gasteiger partial charge < -0.3 is 24.1 Å². The van der Waals surface area contributed by atoms with Crippen LogP contribution in [0.2, 0.25) is 0 Å². The van der Waals surface area contributed by atoms with Crippen molar-refractivity contribution in [2.75, 3.05) is 6.61 Å². The molecular weight excluding hydrogens is 420 g/mol. The van der Waals surface area contributed by atoms with Crippen LogP contribution in [0.25, 0.3) is 6.08 Å². The topological polar surface area (TPSA) is 74.2 Å². The Morgan fingerprint density at radius 2 is 1.70 bits per heavy atom. The van der Waals surface area contributed by atoms with Gasteiger partial charge in [-0.3, -0.25) is 0 Å². The van der Waals surface area contributed by atoms with E-state index < -0.39 is 12.1 Å². The van der Waals surface area contributed by atoms with Gasteiger partial charge in [-0.05, 0) is 30.2 Å². The molecule has 0 spiro atoms. The third-order valence-electron chi connectivity index (χ3n) is 4.94. The molecular formula is C27H24O6. The Hall–Kier alpha value is -4.03. The van der Waals surface area contributed by atoms with Crippen molar-refractivity contribution in [1.29, 1.82) is 0 Å². The number of carbonyl (C=O) groups is 1. The molecule has 1 heterocycles. The molecule has 1 aliphatic heterocycles. The van der Waals surface area contributed by atoms with Crippen molar-refractivity contribution in [3.05, 3.63) is 108 Å². The van der Waals surface area contributed by atoms with Crippen LogP contribution < -0.4 is 14.2 Å². The van der Waals surface area contributed by atoms with Gasteiger partial charge in [-0.2, -0.15) is 0 Å². The summed E-state index contributed by atoms with van der Waals surface area (Å²) >= 11 is 0. The van der Waals surface area contributed by atoms with E-state index >= 15 is 0 Å². The summed E-state index contributed by atoms with van der Waals surface area (Å²) in [4.78, 5) is 11.8. The van der Waals surface area contributed by atoms with E-state index in [2.05, 4.69) is 0 Å². The van der Waals surface area contributed by atoms with Crippen molar-refractivity contribution in [2.24, 2.45) is 0 Å². The van der Waals surface area contributed by atoms with Gasteiger partial charge >= 0.3 is 5.97 Å². The summed E-state index contributed by atoms with van der Waals surface area (Å²) in [6, 6.07) is 24.6. The molecule has 1 atom stereocenters. The van der Waals surface area contributed by atoms with Gasteiger partial charge in [0.15, 0.2) is 17.3 Å². The molecule has 6 heteroatoms. The maximum atomic E-state index is 11.8.